The number of aliphatic hydroxyl groups excluding tert-OH is 1. The van der Waals surface area contributed by atoms with Crippen molar-refractivity contribution in [1.29, 1.82) is 0 Å². The van der Waals surface area contributed by atoms with Crippen molar-refractivity contribution in [2.24, 2.45) is 0 Å². The first-order valence-corrected chi connectivity index (χ1v) is 9.09. The smallest absolute Gasteiger partial charge is 0.161 e. The van der Waals surface area contributed by atoms with Gasteiger partial charge in [0, 0.05) is 13.1 Å². The van der Waals surface area contributed by atoms with E-state index in [4.69, 9.17) is 14.2 Å². The van der Waals surface area contributed by atoms with Crippen LogP contribution in [0, 0.1) is 0 Å². The molecule has 0 aliphatic rings. The summed E-state index contributed by atoms with van der Waals surface area (Å²) in [4.78, 5) is 0. The molecule has 0 heterocycles. The van der Waals surface area contributed by atoms with Gasteiger partial charge in [0.15, 0.2) is 11.5 Å². The minimum Gasteiger partial charge on any atom is -0.493 e. The van der Waals surface area contributed by atoms with E-state index in [0.29, 0.717) is 19.7 Å². The second-order valence-electron chi connectivity index (χ2n) is 6.10. The topological polar surface area (TPSA) is 60.0 Å². The van der Waals surface area contributed by atoms with Gasteiger partial charge in [0.2, 0.25) is 0 Å². The average Bonchev–Trinajstić information content (AvgIpc) is 2.68. The fraction of sp³-hybridized carbons (Fsp3) is 0.429. The van der Waals surface area contributed by atoms with Crippen LogP contribution in [0.1, 0.15) is 25.3 Å². The summed E-state index contributed by atoms with van der Waals surface area (Å²) in [5.41, 5.74) is 1.07. The zero-order valence-electron chi connectivity index (χ0n) is 15.6. The third kappa shape index (κ3) is 6.94. The minimum absolute atomic E-state index is 0.255. The van der Waals surface area contributed by atoms with Gasteiger partial charge in [0.1, 0.15) is 18.5 Å². The normalized spacial score (nSPS) is 11.8. The summed E-state index contributed by atoms with van der Waals surface area (Å²) in [6.45, 7) is 4.16. The van der Waals surface area contributed by atoms with E-state index >= 15 is 0 Å². The number of aliphatic hydroxyl groups is 1. The van der Waals surface area contributed by atoms with Crippen molar-refractivity contribution in [2.45, 2.75) is 32.4 Å². The first-order valence-electron chi connectivity index (χ1n) is 9.09. The third-order valence-electron chi connectivity index (χ3n) is 3.88. The SMILES string of the molecule is CCCCOc1ccc(CNCC(O)COc2ccccc2)cc1OC. The van der Waals surface area contributed by atoms with Crippen LogP contribution in [0.15, 0.2) is 48.5 Å². The van der Waals surface area contributed by atoms with E-state index in [1.54, 1.807) is 7.11 Å². The van der Waals surface area contributed by atoms with Crippen molar-refractivity contribution in [1.82, 2.24) is 5.32 Å². The molecule has 26 heavy (non-hydrogen) atoms. The average molecular weight is 359 g/mol. The molecular weight excluding hydrogens is 330 g/mol. The molecule has 0 amide bonds. The fourth-order valence-electron chi connectivity index (χ4n) is 2.42. The molecule has 2 aromatic rings. The highest BCUT2D eigenvalue weighted by atomic mass is 16.5. The van der Waals surface area contributed by atoms with E-state index in [1.807, 2.05) is 48.5 Å². The number of rotatable bonds is 12. The zero-order chi connectivity index (χ0) is 18.6. The van der Waals surface area contributed by atoms with Gasteiger partial charge < -0.3 is 24.6 Å². The number of unbranched alkanes of at least 4 members (excludes halogenated alkanes) is 1. The van der Waals surface area contributed by atoms with E-state index in [1.165, 1.54) is 0 Å². The highest BCUT2D eigenvalue weighted by Crippen LogP contribution is 2.28. The second kappa shape index (κ2) is 11.4. The summed E-state index contributed by atoms with van der Waals surface area (Å²) in [7, 11) is 1.64. The highest BCUT2D eigenvalue weighted by molar-refractivity contribution is 5.42. The van der Waals surface area contributed by atoms with Crippen LogP contribution in [0.5, 0.6) is 17.2 Å². The van der Waals surface area contributed by atoms with Crippen LogP contribution in [0.4, 0.5) is 0 Å². The largest absolute Gasteiger partial charge is 0.493 e. The number of para-hydroxylation sites is 1. The molecule has 0 fully saturated rings. The Morgan fingerprint density at radius 2 is 1.85 bits per heavy atom. The predicted molar refractivity (Wildman–Crippen MR) is 103 cm³/mol. The standard InChI is InChI=1S/C21H29NO4/c1-3-4-12-25-20-11-10-17(13-21(20)24-2)14-22-15-18(23)16-26-19-8-6-5-7-9-19/h5-11,13,18,22-23H,3-4,12,14-16H2,1-2H3. The second-order valence-corrected chi connectivity index (χ2v) is 6.10. The molecule has 1 atom stereocenters. The van der Waals surface area contributed by atoms with Gasteiger partial charge in [0.25, 0.3) is 0 Å². The fourth-order valence-corrected chi connectivity index (χ4v) is 2.42. The molecule has 5 nitrogen and oxygen atoms in total. The van der Waals surface area contributed by atoms with Gasteiger partial charge in [0.05, 0.1) is 13.7 Å². The van der Waals surface area contributed by atoms with Crippen molar-refractivity contribution >= 4 is 0 Å². The summed E-state index contributed by atoms with van der Waals surface area (Å²) in [6.07, 6.45) is 1.55. The number of ether oxygens (including phenoxy) is 3. The number of methoxy groups -OCH3 is 1. The summed E-state index contributed by atoms with van der Waals surface area (Å²) in [5, 5.41) is 13.3. The lowest BCUT2D eigenvalue weighted by molar-refractivity contribution is 0.106. The Hall–Kier alpha value is -2.24. The van der Waals surface area contributed by atoms with Crippen molar-refractivity contribution in [3.63, 3.8) is 0 Å². The molecule has 1 unspecified atom stereocenters. The van der Waals surface area contributed by atoms with Crippen LogP contribution >= 0.6 is 0 Å². The van der Waals surface area contributed by atoms with Gasteiger partial charge in [-0.15, -0.1) is 0 Å². The van der Waals surface area contributed by atoms with Crippen LogP contribution in [0.2, 0.25) is 0 Å². The van der Waals surface area contributed by atoms with Crippen molar-refractivity contribution in [3.05, 3.63) is 54.1 Å². The number of hydrogen-bond donors (Lipinski definition) is 2. The van der Waals surface area contributed by atoms with Crippen molar-refractivity contribution in [2.75, 3.05) is 26.9 Å². The molecule has 0 aromatic heterocycles. The summed E-state index contributed by atoms with van der Waals surface area (Å²) >= 11 is 0. The molecule has 0 spiro atoms. The summed E-state index contributed by atoms with van der Waals surface area (Å²) in [5.74, 6) is 2.25. The van der Waals surface area contributed by atoms with Crippen LogP contribution in [-0.2, 0) is 6.54 Å². The van der Waals surface area contributed by atoms with Gasteiger partial charge in [-0.3, -0.25) is 0 Å². The lowest BCUT2D eigenvalue weighted by atomic mass is 10.2. The Bertz CT molecular complexity index is 633. The Morgan fingerprint density at radius 1 is 1.04 bits per heavy atom. The highest BCUT2D eigenvalue weighted by Gasteiger charge is 2.08. The predicted octanol–water partition coefficient (Wildman–Crippen LogP) is 3.40. The summed E-state index contributed by atoms with van der Waals surface area (Å²) < 4.78 is 16.7. The summed E-state index contributed by atoms with van der Waals surface area (Å²) in [6, 6.07) is 15.4. The van der Waals surface area contributed by atoms with Crippen LogP contribution in [0.25, 0.3) is 0 Å². The maximum absolute atomic E-state index is 10.0. The monoisotopic (exact) mass is 359 g/mol. The maximum Gasteiger partial charge on any atom is 0.161 e. The Morgan fingerprint density at radius 3 is 2.58 bits per heavy atom. The Balaban J connectivity index is 1.74. The maximum atomic E-state index is 10.0. The Kier molecular flexibility index (Phi) is 8.79. The first kappa shape index (κ1) is 20.1. The quantitative estimate of drug-likeness (QED) is 0.569. The lowest BCUT2D eigenvalue weighted by Gasteiger charge is -2.15. The lowest BCUT2D eigenvalue weighted by Crippen LogP contribution is -2.31. The zero-order valence-corrected chi connectivity index (χ0v) is 15.6. The molecule has 2 N–H and O–H groups in total. The van der Waals surface area contributed by atoms with E-state index in [2.05, 4.69) is 12.2 Å². The van der Waals surface area contributed by atoms with Gasteiger partial charge >= 0.3 is 0 Å². The molecule has 142 valence electrons. The molecule has 0 saturated carbocycles. The van der Waals surface area contributed by atoms with E-state index in [-0.39, 0.29) is 6.61 Å². The molecule has 0 aliphatic heterocycles. The van der Waals surface area contributed by atoms with Crippen LogP contribution in [0.3, 0.4) is 0 Å². The third-order valence-corrected chi connectivity index (χ3v) is 3.88. The molecular formula is C21H29NO4. The van der Waals surface area contributed by atoms with Gasteiger partial charge in [-0.2, -0.15) is 0 Å². The van der Waals surface area contributed by atoms with Crippen LogP contribution < -0.4 is 19.5 Å². The van der Waals surface area contributed by atoms with Crippen molar-refractivity contribution in [3.8, 4) is 17.2 Å². The molecule has 2 rings (SSSR count). The van der Waals surface area contributed by atoms with E-state index < -0.39 is 6.10 Å². The number of nitrogens with one attached hydrogen (secondary N) is 1. The first-order chi connectivity index (χ1) is 12.7. The van der Waals surface area contributed by atoms with E-state index in [9.17, 15) is 5.11 Å². The number of hydrogen-bond acceptors (Lipinski definition) is 5. The molecule has 0 aliphatic carbocycles. The minimum atomic E-state index is -0.575. The molecule has 5 heteroatoms. The van der Waals surface area contributed by atoms with Crippen molar-refractivity contribution < 1.29 is 19.3 Å². The van der Waals surface area contributed by atoms with Crippen LogP contribution in [-0.4, -0.2) is 38.1 Å². The molecule has 0 radical (unpaired) electrons. The molecule has 0 saturated heterocycles. The Labute approximate surface area is 155 Å². The van der Waals surface area contributed by atoms with Gasteiger partial charge in [-0.1, -0.05) is 37.6 Å². The van der Waals surface area contributed by atoms with Gasteiger partial charge in [-0.05, 0) is 36.2 Å². The number of benzene rings is 2. The van der Waals surface area contributed by atoms with E-state index in [0.717, 1.165) is 35.7 Å². The van der Waals surface area contributed by atoms with Gasteiger partial charge in [-0.25, -0.2) is 0 Å². The molecule has 0 bridgehead atoms. The molecule has 2 aromatic carbocycles.